The van der Waals surface area contributed by atoms with Crippen LogP contribution < -0.4 is 11.1 Å². The molecule has 1 heterocycles. The number of nitrogens with one attached hydrogen (secondary N) is 1. The van der Waals surface area contributed by atoms with E-state index in [9.17, 15) is 0 Å². The molecule has 2 bridgehead atoms. The fraction of sp³-hybridized carbons (Fsp3) is 0.625. The minimum atomic E-state index is 0.429. The first-order valence-corrected chi connectivity index (χ1v) is 7.99. The summed E-state index contributed by atoms with van der Waals surface area (Å²) in [6.07, 6.45) is 7.47. The zero-order valence-electron chi connectivity index (χ0n) is 12.2. The molecule has 0 amide bonds. The maximum Gasteiger partial charge on any atom is 0.136 e. The van der Waals surface area contributed by atoms with Gasteiger partial charge in [0.15, 0.2) is 0 Å². The van der Waals surface area contributed by atoms with E-state index in [1.165, 1.54) is 25.7 Å². The summed E-state index contributed by atoms with van der Waals surface area (Å²) >= 11 is 5.18. The van der Waals surface area contributed by atoms with Crippen molar-refractivity contribution >= 4 is 23.0 Å². The van der Waals surface area contributed by atoms with Gasteiger partial charge in [-0.3, -0.25) is 0 Å². The van der Waals surface area contributed by atoms with E-state index in [-0.39, 0.29) is 0 Å². The smallest absolute Gasteiger partial charge is 0.136 e. The standard InChI is InChI=1S/C16H23N3S/c1-9-5-6-18-16(14(9)15(17)20)19-10(2)13-8-11-3-4-12(13)7-11/h5-6,10-13H,3-4,7-8H2,1-2H3,(H2,17,20)(H,18,19). The lowest BCUT2D eigenvalue weighted by Crippen LogP contribution is -2.31. The molecule has 4 heteroatoms. The Labute approximate surface area is 126 Å². The Morgan fingerprint density at radius 2 is 2.25 bits per heavy atom. The lowest BCUT2D eigenvalue weighted by atomic mass is 9.84. The van der Waals surface area contributed by atoms with Crippen LogP contribution in [0.5, 0.6) is 0 Å². The zero-order valence-corrected chi connectivity index (χ0v) is 13.0. The van der Waals surface area contributed by atoms with Crippen molar-refractivity contribution in [2.75, 3.05) is 5.32 Å². The molecule has 4 unspecified atom stereocenters. The minimum absolute atomic E-state index is 0.429. The minimum Gasteiger partial charge on any atom is -0.389 e. The van der Waals surface area contributed by atoms with Crippen molar-refractivity contribution in [2.45, 2.75) is 45.6 Å². The van der Waals surface area contributed by atoms with Crippen molar-refractivity contribution in [2.24, 2.45) is 23.5 Å². The van der Waals surface area contributed by atoms with Crippen molar-refractivity contribution in [3.05, 3.63) is 23.4 Å². The molecular weight excluding hydrogens is 266 g/mol. The summed E-state index contributed by atoms with van der Waals surface area (Å²) in [6.45, 7) is 4.31. The number of anilines is 1. The van der Waals surface area contributed by atoms with E-state index >= 15 is 0 Å². The molecule has 2 saturated carbocycles. The Morgan fingerprint density at radius 1 is 1.45 bits per heavy atom. The van der Waals surface area contributed by atoms with Crippen LogP contribution in [0.4, 0.5) is 5.82 Å². The molecule has 3 nitrogen and oxygen atoms in total. The molecule has 4 atom stereocenters. The van der Waals surface area contributed by atoms with E-state index < -0.39 is 0 Å². The third kappa shape index (κ3) is 2.41. The molecule has 0 aromatic carbocycles. The number of fused-ring (bicyclic) bond motifs is 2. The normalized spacial score (nSPS) is 29.4. The maximum atomic E-state index is 5.86. The van der Waals surface area contributed by atoms with Crippen LogP contribution in [0.2, 0.25) is 0 Å². The second-order valence-corrected chi connectivity index (χ2v) is 6.93. The van der Waals surface area contributed by atoms with Crippen LogP contribution in [-0.2, 0) is 0 Å². The van der Waals surface area contributed by atoms with E-state index in [0.717, 1.165) is 34.7 Å². The number of thiocarbonyl (C=S) groups is 1. The summed E-state index contributed by atoms with van der Waals surface area (Å²) in [5.41, 5.74) is 7.85. The molecule has 0 spiro atoms. The molecule has 3 N–H and O–H groups in total. The number of pyridine rings is 1. The van der Waals surface area contributed by atoms with Crippen molar-refractivity contribution in [1.82, 2.24) is 4.98 Å². The molecule has 20 heavy (non-hydrogen) atoms. The van der Waals surface area contributed by atoms with Crippen molar-refractivity contribution < 1.29 is 0 Å². The summed E-state index contributed by atoms with van der Waals surface area (Å²) in [5, 5.41) is 3.58. The molecular formula is C16H23N3S. The molecule has 1 aromatic rings. The van der Waals surface area contributed by atoms with Gasteiger partial charge in [0.1, 0.15) is 10.8 Å². The van der Waals surface area contributed by atoms with Gasteiger partial charge in [0, 0.05) is 12.2 Å². The van der Waals surface area contributed by atoms with E-state index in [4.69, 9.17) is 18.0 Å². The summed E-state index contributed by atoms with van der Waals surface area (Å²) in [5.74, 6) is 3.50. The topological polar surface area (TPSA) is 50.9 Å². The highest BCUT2D eigenvalue weighted by Crippen LogP contribution is 2.49. The number of nitrogens with two attached hydrogens (primary N) is 1. The lowest BCUT2D eigenvalue weighted by molar-refractivity contribution is 0.304. The quantitative estimate of drug-likeness (QED) is 0.835. The molecule has 0 aliphatic heterocycles. The van der Waals surface area contributed by atoms with Crippen LogP contribution in [0.1, 0.15) is 43.7 Å². The predicted octanol–water partition coefficient (Wildman–Crippen LogP) is 3.26. The lowest BCUT2D eigenvalue weighted by Gasteiger charge is -2.29. The Kier molecular flexibility index (Phi) is 3.67. The third-order valence-corrected chi connectivity index (χ3v) is 5.41. The van der Waals surface area contributed by atoms with Crippen molar-refractivity contribution in [3.63, 3.8) is 0 Å². The van der Waals surface area contributed by atoms with E-state index in [1.807, 2.05) is 19.2 Å². The number of nitrogens with zero attached hydrogens (tertiary/aromatic N) is 1. The van der Waals surface area contributed by atoms with Gasteiger partial charge in [0.25, 0.3) is 0 Å². The molecule has 2 aliphatic rings. The van der Waals surface area contributed by atoms with Crippen LogP contribution in [0.3, 0.4) is 0 Å². The first kappa shape index (κ1) is 13.8. The first-order valence-electron chi connectivity index (χ1n) is 7.58. The highest BCUT2D eigenvalue weighted by molar-refractivity contribution is 7.80. The number of aromatic nitrogens is 1. The molecule has 3 rings (SSSR count). The second-order valence-electron chi connectivity index (χ2n) is 6.49. The van der Waals surface area contributed by atoms with Gasteiger partial charge in [0.05, 0.1) is 5.56 Å². The fourth-order valence-electron chi connectivity index (χ4n) is 4.21. The third-order valence-electron chi connectivity index (χ3n) is 5.21. The van der Waals surface area contributed by atoms with Crippen LogP contribution in [0.15, 0.2) is 12.3 Å². The number of aryl methyl sites for hydroxylation is 1. The van der Waals surface area contributed by atoms with E-state index in [0.29, 0.717) is 11.0 Å². The number of rotatable bonds is 4. The summed E-state index contributed by atoms with van der Waals surface area (Å²) in [4.78, 5) is 4.88. The average molecular weight is 289 g/mol. The number of hydrogen-bond donors (Lipinski definition) is 2. The van der Waals surface area contributed by atoms with Gasteiger partial charge < -0.3 is 11.1 Å². The van der Waals surface area contributed by atoms with E-state index in [2.05, 4.69) is 17.2 Å². The van der Waals surface area contributed by atoms with Crippen molar-refractivity contribution in [1.29, 1.82) is 0 Å². The van der Waals surface area contributed by atoms with Gasteiger partial charge in [-0.15, -0.1) is 0 Å². The fourth-order valence-corrected chi connectivity index (χ4v) is 4.47. The summed E-state index contributed by atoms with van der Waals surface area (Å²) in [7, 11) is 0. The maximum absolute atomic E-state index is 5.86. The van der Waals surface area contributed by atoms with Gasteiger partial charge in [-0.1, -0.05) is 18.6 Å². The first-order chi connectivity index (χ1) is 9.56. The predicted molar refractivity (Wildman–Crippen MR) is 86.9 cm³/mol. The number of hydrogen-bond acceptors (Lipinski definition) is 3. The van der Waals surface area contributed by atoms with Gasteiger partial charge in [-0.25, -0.2) is 4.98 Å². The van der Waals surface area contributed by atoms with Gasteiger partial charge in [-0.2, -0.15) is 0 Å². The average Bonchev–Trinajstić information content (AvgIpc) is 3.00. The molecule has 0 radical (unpaired) electrons. The molecule has 108 valence electrons. The summed E-state index contributed by atoms with van der Waals surface area (Å²) < 4.78 is 0. The highest BCUT2D eigenvalue weighted by Gasteiger charge is 2.41. The van der Waals surface area contributed by atoms with Crippen LogP contribution in [0.25, 0.3) is 0 Å². The molecule has 1 aromatic heterocycles. The Balaban J connectivity index is 1.78. The Morgan fingerprint density at radius 3 is 2.85 bits per heavy atom. The molecule has 0 saturated heterocycles. The van der Waals surface area contributed by atoms with Gasteiger partial charge in [0.2, 0.25) is 0 Å². The van der Waals surface area contributed by atoms with Gasteiger partial charge in [-0.05, 0) is 62.5 Å². The van der Waals surface area contributed by atoms with Gasteiger partial charge >= 0.3 is 0 Å². The van der Waals surface area contributed by atoms with Crippen LogP contribution in [-0.4, -0.2) is 16.0 Å². The van der Waals surface area contributed by atoms with E-state index in [1.54, 1.807) is 0 Å². The Hall–Kier alpha value is -1.16. The summed E-state index contributed by atoms with van der Waals surface area (Å²) in [6, 6.07) is 2.40. The second kappa shape index (κ2) is 5.32. The largest absolute Gasteiger partial charge is 0.389 e. The Bertz CT molecular complexity index is 528. The molecule has 2 aliphatic carbocycles. The SMILES string of the molecule is Cc1ccnc(NC(C)C2CC3CCC2C3)c1C(N)=S. The zero-order chi connectivity index (χ0) is 14.3. The van der Waals surface area contributed by atoms with Crippen LogP contribution >= 0.6 is 12.2 Å². The van der Waals surface area contributed by atoms with Crippen molar-refractivity contribution in [3.8, 4) is 0 Å². The molecule has 2 fully saturated rings. The monoisotopic (exact) mass is 289 g/mol. The highest BCUT2D eigenvalue weighted by atomic mass is 32.1. The van der Waals surface area contributed by atoms with Crippen LogP contribution in [0, 0.1) is 24.7 Å².